The van der Waals surface area contributed by atoms with E-state index in [4.69, 9.17) is 4.74 Å². The van der Waals surface area contributed by atoms with Crippen molar-refractivity contribution in [3.63, 3.8) is 0 Å². The van der Waals surface area contributed by atoms with Gasteiger partial charge in [-0.3, -0.25) is 4.99 Å². The molecule has 0 bridgehead atoms. The van der Waals surface area contributed by atoms with Crippen LogP contribution in [0.2, 0.25) is 0 Å². The van der Waals surface area contributed by atoms with Gasteiger partial charge in [0.25, 0.3) is 0 Å². The maximum atomic E-state index is 6.10. The Morgan fingerprint density at radius 3 is 2.75 bits per heavy atom. The normalized spacial score (nSPS) is 16.5. The van der Waals surface area contributed by atoms with Gasteiger partial charge in [-0.15, -0.1) is 24.0 Å². The predicted molar refractivity (Wildman–Crippen MR) is 140 cm³/mol. The number of rotatable bonds is 5. The van der Waals surface area contributed by atoms with Gasteiger partial charge in [0.1, 0.15) is 11.9 Å². The number of ether oxygens (including phenoxy) is 1. The van der Waals surface area contributed by atoms with Crippen molar-refractivity contribution in [3.8, 4) is 0 Å². The SMILES string of the molecule is CN=C(NCc1nccn1Cc1ccccc1)N1CCOC(c2ccc(C)cc2C)C1.I. The van der Waals surface area contributed by atoms with Crippen LogP contribution < -0.4 is 5.32 Å². The van der Waals surface area contributed by atoms with E-state index >= 15 is 0 Å². The largest absolute Gasteiger partial charge is 0.370 e. The lowest BCUT2D eigenvalue weighted by Crippen LogP contribution is -2.48. The highest BCUT2D eigenvalue weighted by Crippen LogP contribution is 2.26. The van der Waals surface area contributed by atoms with Crippen molar-refractivity contribution in [2.75, 3.05) is 26.7 Å². The fourth-order valence-corrected chi connectivity index (χ4v) is 4.14. The van der Waals surface area contributed by atoms with Crippen molar-refractivity contribution >= 4 is 29.9 Å². The summed E-state index contributed by atoms with van der Waals surface area (Å²) in [7, 11) is 1.83. The topological polar surface area (TPSA) is 54.7 Å². The molecule has 1 atom stereocenters. The summed E-state index contributed by atoms with van der Waals surface area (Å²) in [6.07, 6.45) is 3.93. The standard InChI is InChI=1S/C25H31N5O.HI/c1-19-9-10-22(20(2)15-19)23-18-30(13-14-31-23)25(26-3)28-16-24-27-11-12-29(24)17-21-7-5-4-6-8-21;/h4-12,15,23H,13-14,16-18H2,1-3H3,(H,26,28);1H. The third kappa shape index (κ3) is 5.89. The van der Waals surface area contributed by atoms with Crippen LogP contribution in [0.5, 0.6) is 0 Å². The lowest BCUT2D eigenvalue weighted by molar-refractivity contribution is -0.00835. The lowest BCUT2D eigenvalue weighted by Gasteiger charge is -2.35. The average Bonchev–Trinajstić information content (AvgIpc) is 3.22. The van der Waals surface area contributed by atoms with Crippen molar-refractivity contribution in [1.82, 2.24) is 19.8 Å². The summed E-state index contributed by atoms with van der Waals surface area (Å²) in [4.78, 5) is 11.4. The highest BCUT2D eigenvalue weighted by atomic mass is 127. The molecule has 2 aromatic carbocycles. The second-order valence-electron chi connectivity index (χ2n) is 8.02. The fraction of sp³-hybridized carbons (Fsp3) is 0.360. The molecule has 170 valence electrons. The summed E-state index contributed by atoms with van der Waals surface area (Å²) >= 11 is 0. The van der Waals surface area contributed by atoms with Crippen LogP contribution in [0.3, 0.4) is 0 Å². The van der Waals surface area contributed by atoms with Gasteiger partial charge in [0.15, 0.2) is 5.96 Å². The highest BCUT2D eigenvalue weighted by molar-refractivity contribution is 14.0. The van der Waals surface area contributed by atoms with Crippen LogP contribution in [0, 0.1) is 13.8 Å². The number of benzene rings is 2. The molecule has 1 N–H and O–H groups in total. The van der Waals surface area contributed by atoms with E-state index in [0.29, 0.717) is 13.2 Å². The summed E-state index contributed by atoms with van der Waals surface area (Å²) in [5, 5.41) is 3.50. The number of aliphatic imine (C=N–C) groups is 1. The van der Waals surface area contributed by atoms with E-state index in [2.05, 4.69) is 81.1 Å². The molecule has 1 aromatic heterocycles. The molecule has 3 aromatic rings. The maximum absolute atomic E-state index is 6.10. The number of nitrogens with zero attached hydrogens (tertiary/aromatic N) is 4. The van der Waals surface area contributed by atoms with E-state index in [1.807, 2.05) is 25.5 Å². The zero-order valence-electron chi connectivity index (χ0n) is 19.0. The lowest BCUT2D eigenvalue weighted by atomic mass is 10.00. The molecule has 4 rings (SSSR count). The van der Waals surface area contributed by atoms with Gasteiger partial charge in [-0.1, -0.05) is 54.1 Å². The number of hydrogen-bond donors (Lipinski definition) is 1. The smallest absolute Gasteiger partial charge is 0.194 e. The van der Waals surface area contributed by atoms with Gasteiger partial charge in [-0.2, -0.15) is 0 Å². The molecule has 1 unspecified atom stereocenters. The first-order valence-corrected chi connectivity index (χ1v) is 10.8. The van der Waals surface area contributed by atoms with Gasteiger partial charge in [0, 0.05) is 32.5 Å². The molecule has 7 heteroatoms. The molecule has 0 aliphatic carbocycles. The second-order valence-corrected chi connectivity index (χ2v) is 8.02. The Hall–Kier alpha value is -2.39. The van der Waals surface area contributed by atoms with Gasteiger partial charge in [0.05, 0.1) is 19.7 Å². The number of hydrogen-bond acceptors (Lipinski definition) is 3. The van der Waals surface area contributed by atoms with E-state index in [1.54, 1.807) is 0 Å². The highest BCUT2D eigenvalue weighted by Gasteiger charge is 2.25. The van der Waals surface area contributed by atoms with Crippen molar-refractivity contribution in [2.45, 2.75) is 33.0 Å². The Morgan fingerprint density at radius 2 is 2.00 bits per heavy atom. The third-order valence-corrected chi connectivity index (χ3v) is 5.75. The van der Waals surface area contributed by atoms with Crippen LogP contribution in [0.25, 0.3) is 0 Å². The van der Waals surface area contributed by atoms with E-state index in [9.17, 15) is 0 Å². The first kappa shape index (κ1) is 24.3. The van der Waals surface area contributed by atoms with E-state index in [1.165, 1.54) is 22.3 Å². The molecule has 1 aliphatic rings. The minimum atomic E-state index is 0. The molecular formula is C25H32IN5O. The molecule has 0 radical (unpaired) electrons. The summed E-state index contributed by atoms with van der Waals surface area (Å²) < 4.78 is 8.28. The number of aryl methyl sites for hydroxylation is 2. The minimum Gasteiger partial charge on any atom is -0.370 e. The van der Waals surface area contributed by atoms with Crippen molar-refractivity contribution in [2.24, 2.45) is 4.99 Å². The molecule has 0 saturated carbocycles. The Labute approximate surface area is 207 Å². The zero-order valence-corrected chi connectivity index (χ0v) is 21.3. The van der Waals surface area contributed by atoms with Crippen LogP contribution in [-0.4, -0.2) is 47.2 Å². The maximum Gasteiger partial charge on any atom is 0.194 e. The van der Waals surface area contributed by atoms with Crippen LogP contribution in [0.15, 0.2) is 65.9 Å². The van der Waals surface area contributed by atoms with Crippen molar-refractivity contribution in [1.29, 1.82) is 0 Å². The van der Waals surface area contributed by atoms with Crippen LogP contribution in [0.4, 0.5) is 0 Å². The molecule has 1 fully saturated rings. The Morgan fingerprint density at radius 1 is 1.19 bits per heavy atom. The summed E-state index contributed by atoms with van der Waals surface area (Å²) in [6.45, 7) is 7.99. The fourth-order valence-electron chi connectivity index (χ4n) is 4.14. The van der Waals surface area contributed by atoms with E-state index < -0.39 is 0 Å². The quantitative estimate of drug-likeness (QED) is 0.295. The average molecular weight is 545 g/mol. The number of aromatic nitrogens is 2. The number of nitrogens with one attached hydrogen (secondary N) is 1. The monoisotopic (exact) mass is 545 g/mol. The van der Waals surface area contributed by atoms with Crippen LogP contribution >= 0.6 is 24.0 Å². The van der Waals surface area contributed by atoms with Crippen molar-refractivity contribution in [3.05, 3.63) is 89.0 Å². The predicted octanol–water partition coefficient (Wildman–Crippen LogP) is 4.32. The Kier molecular flexibility index (Phi) is 8.69. The molecule has 1 saturated heterocycles. The number of halogens is 1. The number of morpholine rings is 1. The van der Waals surface area contributed by atoms with Crippen LogP contribution in [-0.2, 0) is 17.8 Å². The number of imidazole rings is 1. The van der Waals surface area contributed by atoms with Gasteiger partial charge in [0.2, 0.25) is 0 Å². The molecule has 1 aliphatic heterocycles. The van der Waals surface area contributed by atoms with Gasteiger partial charge < -0.3 is 19.5 Å². The summed E-state index contributed by atoms with van der Waals surface area (Å²) in [6, 6.07) is 17.0. The molecule has 2 heterocycles. The summed E-state index contributed by atoms with van der Waals surface area (Å²) in [5.41, 5.74) is 5.06. The number of guanidine groups is 1. The van der Waals surface area contributed by atoms with Crippen molar-refractivity contribution < 1.29 is 4.74 Å². The Balaban J connectivity index is 0.00000289. The zero-order chi connectivity index (χ0) is 21.6. The third-order valence-electron chi connectivity index (χ3n) is 5.75. The van der Waals surface area contributed by atoms with Gasteiger partial charge in [-0.05, 0) is 30.5 Å². The van der Waals surface area contributed by atoms with Crippen LogP contribution in [0.1, 0.15) is 34.2 Å². The van der Waals surface area contributed by atoms with Gasteiger partial charge >= 0.3 is 0 Å². The first-order valence-electron chi connectivity index (χ1n) is 10.8. The minimum absolute atomic E-state index is 0. The molecule has 6 nitrogen and oxygen atoms in total. The second kappa shape index (κ2) is 11.5. The first-order chi connectivity index (χ1) is 15.1. The molecule has 0 spiro atoms. The molecule has 32 heavy (non-hydrogen) atoms. The summed E-state index contributed by atoms with van der Waals surface area (Å²) in [5.74, 6) is 1.87. The van der Waals surface area contributed by atoms with Gasteiger partial charge in [-0.25, -0.2) is 4.98 Å². The van der Waals surface area contributed by atoms with E-state index in [-0.39, 0.29) is 30.1 Å². The Bertz CT molecular complexity index is 1030. The van der Waals surface area contributed by atoms with E-state index in [0.717, 1.165) is 31.4 Å². The molecule has 0 amide bonds. The molecular weight excluding hydrogens is 513 g/mol.